The second kappa shape index (κ2) is 6.45. The zero-order chi connectivity index (χ0) is 18.5. The molecular weight excluding hydrogens is 384 g/mol. The molecule has 0 radical (unpaired) electrons. The van der Waals surface area contributed by atoms with Crippen LogP contribution in [0.15, 0.2) is 12.1 Å². The van der Waals surface area contributed by atoms with Crippen LogP contribution in [-0.2, 0) is 13.0 Å². The SMILES string of the molecule is Cc1ccc(Cl)c2sc(N3CCN(C(=O)c4nnc5n4CCC5)CC3)nc12. The third-order valence-electron chi connectivity index (χ3n) is 5.32. The van der Waals surface area contributed by atoms with E-state index in [2.05, 4.69) is 22.0 Å². The molecule has 3 aromatic rings. The number of anilines is 1. The van der Waals surface area contributed by atoms with Crippen molar-refractivity contribution in [3.8, 4) is 0 Å². The Bertz CT molecular complexity index is 997. The summed E-state index contributed by atoms with van der Waals surface area (Å²) in [6, 6.07) is 3.93. The van der Waals surface area contributed by atoms with Crippen molar-refractivity contribution in [3.63, 3.8) is 0 Å². The third kappa shape index (κ3) is 2.78. The van der Waals surface area contributed by atoms with Gasteiger partial charge >= 0.3 is 0 Å². The van der Waals surface area contributed by atoms with Crippen molar-refractivity contribution < 1.29 is 4.79 Å². The quantitative estimate of drug-likeness (QED) is 0.659. The number of carbonyl (C=O) groups excluding carboxylic acids is 1. The van der Waals surface area contributed by atoms with E-state index in [9.17, 15) is 4.79 Å². The molecule has 0 unspecified atom stereocenters. The number of hydrogen-bond donors (Lipinski definition) is 0. The highest BCUT2D eigenvalue weighted by Crippen LogP contribution is 2.35. The zero-order valence-electron chi connectivity index (χ0n) is 15.0. The van der Waals surface area contributed by atoms with E-state index in [1.54, 1.807) is 11.3 Å². The predicted molar refractivity (Wildman–Crippen MR) is 106 cm³/mol. The van der Waals surface area contributed by atoms with E-state index in [-0.39, 0.29) is 5.91 Å². The van der Waals surface area contributed by atoms with E-state index in [0.717, 1.165) is 64.2 Å². The highest BCUT2D eigenvalue weighted by Gasteiger charge is 2.29. The van der Waals surface area contributed by atoms with Crippen LogP contribution in [0.1, 0.15) is 28.4 Å². The molecular formula is C18H19ClN6OS. The van der Waals surface area contributed by atoms with Crippen LogP contribution in [0.25, 0.3) is 10.2 Å². The van der Waals surface area contributed by atoms with Gasteiger partial charge in [0.05, 0.1) is 15.2 Å². The van der Waals surface area contributed by atoms with E-state index < -0.39 is 0 Å². The molecule has 0 N–H and O–H groups in total. The molecule has 0 spiro atoms. The maximum atomic E-state index is 12.8. The van der Waals surface area contributed by atoms with Crippen molar-refractivity contribution in [1.29, 1.82) is 0 Å². The Balaban J connectivity index is 1.32. The molecule has 7 nitrogen and oxygen atoms in total. The largest absolute Gasteiger partial charge is 0.345 e. The summed E-state index contributed by atoms with van der Waals surface area (Å²) in [7, 11) is 0. The summed E-state index contributed by atoms with van der Waals surface area (Å²) in [6.45, 7) is 5.71. The molecule has 4 heterocycles. The molecule has 1 aromatic carbocycles. The Kier molecular flexibility index (Phi) is 4.05. The number of amides is 1. The molecule has 27 heavy (non-hydrogen) atoms. The standard InChI is InChI=1S/C18H19ClN6OS/c1-11-4-5-12(19)15-14(11)20-18(27-15)24-9-7-23(8-10-24)17(26)16-22-21-13-3-2-6-25(13)16/h4-5H,2-3,6-10H2,1H3. The number of rotatable bonds is 2. The van der Waals surface area contributed by atoms with Crippen molar-refractivity contribution in [2.75, 3.05) is 31.1 Å². The van der Waals surface area contributed by atoms with Crippen molar-refractivity contribution in [3.05, 3.63) is 34.4 Å². The van der Waals surface area contributed by atoms with Crippen LogP contribution in [-0.4, -0.2) is 56.7 Å². The number of thiazole rings is 1. The van der Waals surface area contributed by atoms with Crippen LogP contribution in [0.3, 0.4) is 0 Å². The van der Waals surface area contributed by atoms with Gasteiger partial charge in [-0.2, -0.15) is 0 Å². The molecule has 2 aliphatic heterocycles. The van der Waals surface area contributed by atoms with Gasteiger partial charge in [-0.25, -0.2) is 4.98 Å². The van der Waals surface area contributed by atoms with E-state index in [0.29, 0.717) is 18.9 Å². The maximum Gasteiger partial charge on any atom is 0.291 e. The van der Waals surface area contributed by atoms with Gasteiger partial charge in [0.15, 0.2) is 5.13 Å². The number of aryl methyl sites for hydroxylation is 2. The molecule has 0 saturated carbocycles. The molecule has 0 bridgehead atoms. The minimum absolute atomic E-state index is 0.0153. The van der Waals surface area contributed by atoms with E-state index in [1.807, 2.05) is 21.6 Å². The van der Waals surface area contributed by atoms with Gasteiger partial charge in [0, 0.05) is 39.1 Å². The molecule has 1 saturated heterocycles. The molecule has 1 amide bonds. The van der Waals surface area contributed by atoms with Gasteiger partial charge in [0.1, 0.15) is 5.82 Å². The molecule has 140 valence electrons. The van der Waals surface area contributed by atoms with Crippen molar-refractivity contribution >= 4 is 44.2 Å². The first-order valence-corrected chi connectivity index (χ1v) is 10.3. The highest BCUT2D eigenvalue weighted by atomic mass is 35.5. The second-order valence-corrected chi connectivity index (χ2v) is 8.40. The zero-order valence-corrected chi connectivity index (χ0v) is 16.6. The fourth-order valence-electron chi connectivity index (χ4n) is 3.78. The Morgan fingerprint density at radius 3 is 2.74 bits per heavy atom. The average molecular weight is 403 g/mol. The van der Waals surface area contributed by atoms with Crippen molar-refractivity contribution in [2.24, 2.45) is 0 Å². The Hall–Kier alpha value is -2.19. The third-order valence-corrected chi connectivity index (χ3v) is 6.90. The van der Waals surface area contributed by atoms with Gasteiger partial charge in [0.25, 0.3) is 5.91 Å². The maximum absolute atomic E-state index is 12.8. The molecule has 0 atom stereocenters. The smallest absolute Gasteiger partial charge is 0.291 e. The molecule has 9 heteroatoms. The summed E-state index contributed by atoms with van der Waals surface area (Å²) in [5, 5.41) is 9.99. The lowest BCUT2D eigenvalue weighted by atomic mass is 10.2. The average Bonchev–Trinajstić information content (AvgIpc) is 3.39. The summed E-state index contributed by atoms with van der Waals surface area (Å²) < 4.78 is 3.00. The Morgan fingerprint density at radius 1 is 1.15 bits per heavy atom. The minimum Gasteiger partial charge on any atom is -0.345 e. The number of aromatic nitrogens is 4. The molecule has 1 fully saturated rings. The number of nitrogens with zero attached hydrogens (tertiary/aromatic N) is 6. The molecule has 5 rings (SSSR count). The monoisotopic (exact) mass is 402 g/mol. The van der Waals surface area contributed by atoms with Gasteiger partial charge in [-0.15, -0.1) is 10.2 Å². The van der Waals surface area contributed by atoms with Gasteiger partial charge in [-0.3, -0.25) is 4.79 Å². The number of hydrogen-bond acceptors (Lipinski definition) is 6. The van der Waals surface area contributed by atoms with Gasteiger partial charge in [0.2, 0.25) is 5.82 Å². The van der Waals surface area contributed by atoms with Gasteiger partial charge < -0.3 is 14.4 Å². The van der Waals surface area contributed by atoms with E-state index in [4.69, 9.17) is 16.6 Å². The first-order chi connectivity index (χ1) is 13.1. The summed E-state index contributed by atoms with van der Waals surface area (Å²) in [5.74, 6) is 1.40. The Labute approximate surface area is 165 Å². The summed E-state index contributed by atoms with van der Waals surface area (Å²) in [5.41, 5.74) is 2.10. The normalized spacial score (nSPS) is 17.0. The predicted octanol–water partition coefficient (Wildman–Crippen LogP) is 2.76. The van der Waals surface area contributed by atoms with Crippen molar-refractivity contribution in [2.45, 2.75) is 26.3 Å². The van der Waals surface area contributed by atoms with Crippen LogP contribution in [0.4, 0.5) is 5.13 Å². The van der Waals surface area contributed by atoms with Gasteiger partial charge in [-0.05, 0) is 25.0 Å². The topological polar surface area (TPSA) is 67.2 Å². The fraction of sp³-hybridized carbons (Fsp3) is 0.444. The minimum atomic E-state index is -0.0153. The van der Waals surface area contributed by atoms with Crippen LogP contribution < -0.4 is 4.90 Å². The summed E-state index contributed by atoms with van der Waals surface area (Å²) in [6.07, 6.45) is 1.95. The van der Waals surface area contributed by atoms with Crippen LogP contribution in [0.5, 0.6) is 0 Å². The lowest BCUT2D eigenvalue weighted by Crippen LogP contribution is -2.49. The molecule has 0 aliphatic carbocycles. The number of fused-ring (bicyclic) bond motifs is 2. The lowest BCUT2D eigenvalue weighted by Gasteiger charge is -2.34. The summed E-state index contributed by atoms with van der Waals surface area (Å²) >= 11 is 7.95. The Morgan fingerprint density at radius 2 is 1.96 bits per heavy atom. The van der Waals surface area contributed by atoms with Crippen LogP contribution >= 0.6 is 22.9 Å². The molecule has 2 aromatic heterocycles. The first-order valence-electron chi connectivity index (χ1n) is 9.14. The fourth-order valence-corrected chi connectivity index (χ4v) is 5.15. The number of carbonyl (C=O) groups is 1. The van der Waals surface area contributed by atoms with Crippen LogP contribution in [0, 0.1) is 6.92 Å². The van der Waals surface area contributed by atoms with Gasteiger partial charge in [-0.1, -0.05) is 29.0 Å². The summed E-state index contributed by atoms with van der Waals surface area (Å²) in [4.78, 5) is 21.7. The first kappa shape index (κ1) is 16.9. The lowest BCUT2D eigenvalue weighted by molar-refractivity contribution is 0.0729. The number of halogens is 1. The number of piperazine rings is 1. The van der Waals surface area contributed by atoms with E-state index >= 15 is 0 Å². The highest BCUT2D eigenvalue weighted by molar-refractivity contribution is 7.22. The van der Waals surface area contributed by atoms with Crippen LogP contribution in [0.2, 0.25) is 5.02 Å². The number of benzene rings is 1. The second-order valence-electron chi connectivity index (χ2n) is 7.01. The van der Waals surface area contributed by atoms with E-state index in [1.165, 1.54) is 0 Å². The molecule has 2 aliphatic rings. The van der Waals surface area contributed by atoms with Crippen molar-refractivity contribution in [1.82, 2.24) is 24.6 Å².